The highest BCUT2D eigenvalue weighted by molar-refractivity contribution is 8.00. The van der Waals surface area contributed by atoms with Crippen molar-refractivity contribution in [1.29, 1.82) is 0 Å². The second-order valence-corrected chi connectivity index (χ2v) is 8.25. The molecular weight excluding hydrogens is 376 g/mol. The third kappa shape index (κ3) is 4.62. The van der Waals surface area contributed by atoms with Crippen LogP contribution in [0.25, 0.3) is 0 Å². The molecule has 0 aliphatic rings. The summed E-state index contributed by atoms with van der Waals surface area (Å²) < 4.78 is 1.94. The first kappa shape index (κ1) is 18.0. The normalized spacial score (nSPS) is 12.1. The highest BCUT2D eigenvalue weighted by atomic mass is 35.5. The quantitative estimate of drug-likeness (QED) is 0.637. The summed E-state index contributed by atoms with van der Waals surface area (Å²) in [7, 11) is 1.93. The molecule has 130 valence electrons. The van der Waals surface area contributed by atoms with Gasteiger partial charge in [0.25, 0.3) is 0 Å². The van der Waals surface area contributed by atoms with Gasteiger partial charge in [-0.15, -0.1) is 21.5 Å². The minimum atomic E-state index is -0.298. The van der Waals surface area contributed by atoms with Crippen molar-refractivity contribution in [3.8, 4) is 0 Å². The predicted molar refractivity (Wildman–Crippen MR) is 104 cm³/mol. The lowest BCUT2D eigenvalue weighted by atomic mass is 10.3. The Bertz CT molecular complexity index is 846. The van der Waals surface area contributed by atoms with Crippen molar-refractivity contribution in [2.45, 2.75) is 23.8 Å². The van der Waals surface area contributed by atoms with Crippen LogP contribution in [-0.2, 0) is 18.3 Å². The SMILES string of the molecule is C[C@H](Sc1nnc(Cc2cccs2)n1C)C(=O)Nc1ccc(Cl)cc1. The van der Waals surface area contributed by atoms with Crippen molar-refractivity contribution in [2.75, 3.05) is 5.32 Å². The number of thioether (sulfide) groups is 1. The Kier molecular flexibility index (Phi) is 5.78. The summed E-state index contributed by atoms with van der Waals surface area (Å²) in [6.45, 7) is 1.85. The second kappa shape index (κ2) is 8.03. The molecule has 0 radical (unpaired) electrons. The fourth-order valence-corrected chi connectivity index (χ4v) is 3.82. The zero-order valence-electron chi connectivity index (χ0n) is 13.8. The van der Waals surface area contributed by atoms with Gasteiger partial charge in [0.2, 0.25) is 5.91 Å². The van der Waals surface area contributed by atoms with Crippen LogP contribution in [0.2, 0.25) is 5.02 Å². The molecule has 8 heteroatoms. The number of aromatic nitrogens is 3. The maximum atomic E-state index is 12.4. The number of thiophene rings is 1. The summed E-state index contributed by atoms with van der Waals surface area (Å²) in [5.74, 6) is 0.797. The van der Waals surface area contributed by atoms with E-state index in [1.54, 1.807) is 35.6 Å². The Morgan fingerprint density at radius 1 is 1.32 bits per heavy atom. The first-order chi connectivity index (χ1) is 12.0. The molecule has 0 spiro atoms. The van der Waals surface area contributed by atoms with Crippen LogP contribution in [0.5, 0.6) is 0 Å². The van der Waals surface area contributed by atoms with Gasteiger partial charge in [-0.05, 0) is 42.6 Å². The minimum Gasteiger partial charge on any atom is -0.325 e. The van der Waals surface area contributed by atoms with Crippen LogP contribution in [0.4, 0.5) is 5.69 Å². The number of amides is 1. The van der Waals surface area contributed by atoms with Gasteiger partial charge >= 0.3 is 0 Å². The third-order valence-corrected chi connectivity index (χ3v) is 5.86. The van der Waals surface area contributed by atoms with E-state index < -0.39 is 0 Å². The van der Waals surface area contributed by atoms with E-state index >= 15 is 0 Å². The average Bonchev–Trinajstić information content (AvgIpc) is 3.22. The smallest absolute Gasteiger partial charge is 0.237 e. The molecule has 0 aliphatic carbocycles. The Labute approximate surface area is 159 Å². The van der Waals surface area contributed by atoms with Gasteiger partial charge in [0.1, 0.15) is 5.82 Å². The summed E-state index contributed by atoms with van der Waals surface area (Å²) in [6, 6.07) is 11.1. The highest BCUT2D eigenvalue weighted by Gasteiger charge is 2.19. The molecule has 0 fully saturated rings. The van der Waals surface area contributed by atoms with Gasteiger partial charge in [0.05, 0.1) is 5.25 Å². The number of rotatable bonds is 6. The van der Waals surface area contributed by atoms with E-state index in [0.717, 1.165) is 23.1 Å². The molecule has 2 heterocycles. The molecule has 0 saturated heterocycles. The van der Waals surface area contributed by atoms with E-state index in [4.69, 9.17) is 11.6 Å². The minimum absolute atomic E-state index is 0.0878. The van der Waals surface area contributed by atoms with Crippen LogP contribution < -0.4 is 5.32 Å². The number of nitrogens with one attached hydrogen (secondary N) is 1. The van der Waals surface area contributed by atoms with Gasteiger partial charge in [-0.1, -0.05) is 29.4 Å². The monoisotopic (exact) mass is 392 g/mol. The molecule has 1 amide bonds. The molecule has 1 atom stereocenters. The molecule has 1 N–H and O–H groups in total. The molecule has 5 nitrogen and oxygen atoms in total. The standard InChI is InChI=1S/C17H17ClN4OS2/c1-11(16(23)19-13-7-5-12(18)6-8-13)25-17-21-20-15(22(17)2)10-14-4-3-9-24-14/h3-9,11H,10H2,1-2H3,(H,19,23)/t11-/m0/s1. The molecule has 25 heavy (non-hydrogen) atoms. The van der Waals surface area contributed by atoms with Gasteiger partial charge < -0.3 is 9.88 Å². The van der Waals surface area contributed by atoms with Crippen LogP contribution in [-0.4, -0.2) is 25.9 Å². The number of anilines is 1. The summed E-state index contributed by atoms with van der Waals surface area (Å²) in [4.78, 5) is 13.6. The summed E-state index contributed by atoms with van der Waals surface area (Å²) >= 11 is 8.94. The molecule has 1 aromatic carbocycles. The molecule has 0 bridgehead atoms. The zero-order valence-corrected chi connectivity index (χ0v) is 16.2. The van der Waals surface area contributed by atoms with Crippen molar-refractivity contribution in [3.05, 3.63) is 57.5 Å². The molecule has 3 rings (SSSR count). The van der Waals surface area contributed by atoms with Gasteiger partial charge in [-0.3, -0.25) is 4.79 Å². The highest BCUT2D eigenvalue weighted by Crippen LogP contribution is 2.24. The Balaban J connectivity index is 1.62. The van der Waals surface area contributed by atoms with Gasteiger partial charge in [-0.2, -0.15) is 0 Å². The first-order valence-electron chi connectivity index (χ1n) is 7.66. The van der Waals surface area contributed by atoms with Crippen LogP contribution in [0.15, 0.2) is 46.9 Å². The Morgan fingerprint density at radius 2 is 2.08 bits per heavy atom. The summed E-state index contributed by atoms with van der Waals surface area (Å²) in [5, 5.41) is 14.5. The lowest BCUT2D eigenvalue weighted by Gasteiger charge is -2.11. The summed E-state index contributed by atoms with van der Waals surface area (Å²) in [6.07, 6.45) is 0.743. The zero-order chi connectivity index (χ0) is 17.8. The van der Waals surface area contributed by atoms with Crippen LogP contribution in [0.1, 0.15) is 17.6 Å². The van der Waals surface area contributed by atoms with Gasteiger partial charge in [0.15, 0.2) is 5.16 Å². The lowest BCUT2D eigenvalue weighted by molar-refractivity contribution is -0.115. The molecule has 0 saturated carbocycles. The Hall–Kier alpha value is -1.83. The van der Waals surface area contributed by atoms with Crippen molar-refractivity contribution >= 4 is 46.3 Å². The van der Waals surface area contributed by atoms with Crippen molar-refractivity contribution in [3.63, 3.8) is 0 Å². The van der Waals surface area contributed by atoms with Crippen molar-refractivity contribution in [1.82, 2.24) is 14.8 Å². The number of carbonyl (C=O) groups is 1. The van der Waals surface area contributed by atoms with Crippen molar-refractivity contribution < 1.29 is 4.79 Å². The van der Waals surface area contributed by atoms with Gasteiger partial charge in [0, 0.05) is 29.1 Å². The van der Waals surface area contributed by atoms with E-state index in [1.165, 1.54) is 16.6 Å². The van der Waals surface area contributed by atoms with Gasteiger partial charge in [-0.25, -0.2) is 0 Å². The third-order valence-electron chi connectivity index (χ3n) is 3.60. The van der Waals surface area contributed by atoms with Crippen molar-refractivity contribution in [2.24, 2.45) is 7.05 Å². The van der Waals surface area contributed by atoms with Crippen LogP contribution >= 0.6 is 34.7 Å². The second-order valence-electron chi connectivity index (χ2n) is 5.47. The number of nitrogens with zero attached hydrogens (tertiary/aromatic N) is 3. The van der Waals surface area contributed by atoms with E-state index in [2.05, 4.69) is 21.6 Å². The number of benzene rings is 1. The van der Waals surface area contributed by atoms with E-state index in [-0.39, 0.29) is 11.2 Å². The molecule has 2 aromatic heterocycles. The topological polar surface area (TPSA) is 59.8 Å². The average molecular weight is 393 g/mol. The van der Waals surface area contributed by atoms with E-state index in [1.807, 2.05) is 30.0 Å². The molecule has 0 aliphatic heterocycles. The van der Waals surface area contributed by atoms with Crippen LogP contribution in [0, 0.1) is 0 Å². The number of hydrogen-bond acceptors (Lipinski definition) is 5. The summed E-state index contributed by atoms with van der Waals surface area (Å²) in [5.41, 5.74) is 0.721. The van der Waals surface area contributed by atoms with E-state index in [9.17, 15) is 4.79 Å². The lowest BCUT2D eigenvalue weighted by Crippen LogP contribution is -2.22. The molecule has 0 unspecified atom stereocenters. The maximum absolute atomic E-state index is 12.4. The predicted octanol–water partition coefficient (Wildman–Crippen LogP) is 4.24. The van der Waals surface area contributed by atoms with E-state index in [0.29, 0.717) is 5.02 Å². The fraction of sp³-hybridized carbons (Fsp3) is 0.235. The number of carbonyl (C=O) groups excluding carboxylic acids is 1. The number of hydrogen-bond donors (Lipinski definition) is 1. The molecular formula is C17H17ClN4OS2. The maximum Gasteiger partial charge on any atom is 0.237 e. The fourth-order valence-electron chi connectivity index (χ4n) is 2.16. The first-order valence-corrected chi connectivity index (χ1v) is 9.80. The Morgan fingerprint density at radius 3 is 2.76 bits per heavy atom. The largest absolute Gasteiger partial charge is 0.325 e. The molecule has 3 aromatic rings. The number of halogens is 1. The van der Waals surface area contributed by atoms with Crippen LogP contribution in [0.3, 0.4) is 0 Å².